The van der Waals surface area contributed by atoms with Crippen molar-refractivity contribution in [3.05, 3.63) is 51.9 Å². The number of ether oxygens (including phenoxy) is 1. The largest absolute Gasteiger partial charge is 0.466 e. The van der Waals surface area contributed by atoms with E-state index in [0.29, 0.717) is 24.3 Å². The minimum absolute atomic E-state index is 0.00647. The predicted octanol–water partition coefficient (Wildman–Crippen LogP) is 5.04. The molecular weight excluding hydrogens is 467 g/mol. The van der Waals surface area contributed by atoms with Crippen LogP contribution in [-0.4, -0.2) is 30.8 Å². The van der Waals surface area contributed by atoms with E-state index >= 15 is 0 Å². The third kappa shape index (κ3) is 4.75. The molecule has 2 atom stereocenters. The number of amides is 1. The van der Waals surface area contributed by atoms with E-state index in [1.165, 1.54) is 24.3 Å². The van der Waals surface area contributed by atoms with Crippen LogP contribution in [0.15, 0.2) is 30.3 Å². The fourth-order valence-electron chi connectivity index (χ4n) is 4.08. The van der Waals surface area contributed by atoms with Gasteiger partial charge in [0.1, 0.15) is 11.1 Å². The molecule has 0 aliphatic heterocycles. The zero-order valence-electron chi connectivity index (χ0n) is 19.3. The lowest BCUT2D eigenvalue weighted by atomic mass is 9.72. The van der Waals surface area contributed by atoms with Gasteiger partial charge in [-0.3, -0.25) is 4.79 Å². The lowest BCUT2D eigenvalue weighted by molar-refractivity contribution is -0.203. The number of esters is 1. The van der Waals surface area contributed by atoms with Gasteiger partial charge in [-0.2, -0.15) is 18.4 Å². The van der Waals surface area contributed by atoms with Gasteiger partial charge in [0.2, 0.25) is 0 Å². The van der Waals surface area contributed by atoms with Gasteiger partial charge in [0.15, 0.2) is 0 Å². The SMILES string of the molecule is COC(=O)[C@@](NC(=O)c1ccccc1)(Nc1sc2c(c1C#N)CC[C@@H](C(C)(C)C)C2)C(F)(F)F. The van der Waals surface area contributed by atoms with Gasteiger partial charge in [-0.1, -0.05) is 39.0 Å². The van der Waals surface area contributed by atoms with E-state index < -0.39 is 23.7 Å². The average molecular weight is 494 g/mol. The number of hydrogen-bond donors (Lipinski definition) is 2. The minimum Gasteiger partial charge on any atom is -0.466 e. The van der Waals surface area contributed by atoms with E-state index in [2.05, 4.69) is 30.8 Å². The molecule has 0 saturated heterocycles. The van der Waals surface area contributed by atoms with E-state index in [0.717, 1.165) is 29.7 Å². The smallest absolute Gasteiger partial charge is 0.441 e. The first-order valence-electron chi connectivity index (χ1n) is 10.7. The Bertz CT molecular complexity index is 1120. The number of nitriles is 1. The first-order valence-corrected chi connectivity index (χ1v) is 11.5. The third-order valence-electron chi connectivity index (χ3n) is 6.16. The Kier molecular flexibility index (Phi) is 6.99. The number of carbonyl (C=O) groups is 2. The molecule has 1 aliphatic rings. The number of fused-ring (bicyclic) bond motifs is 1. The van der Waals surface area contributed by atoms with Crippen LogP contribution in [0.2, 0.25) is 0 Å². The Morgan fingerprint density at radius 3 is 2.35 bits per heavy atom. The summed E-state index contributed by atoms with van der Waals surface area (Å²) >= 11 is 1.01. The number of carbonyl (C=O) groups excluding carboxylic acids is 2. The molecule has 1 aliphatic carbocycles. The van der Waals surface area contributed by atoms with Gasteiger partial charge in [0.25, 0.3) is 5.91 Å². The standard InChI is InChI=1S/C24H26F3N3O3S/c1-22(2,3)15-10-11-16-17(13-28)20(34-18(16)12-15)30-23(21(32)33-4,24(25,26)27)29-19(31)14-8-6-5-7-9-14/h5-9,15,30H,10-12H2,1-4H3,(H,29,31)/t15-,23-/m1/s1. The van der Waals surface area contributed by atoms with Crippen molar-refractivity contribution >= 4 is 28.2 Å². The van der Waals surface area contributed by atoms with Gasteiger partial charge < -0.3 is 15.4 Å². The van der Waals surface area contributed by atoms with Crippen molar-refractivity contribution in [3.63, 3.8) is 0 Å². The molecule has 0 saturated carbocycles. The Hall–Kier alpha value is -3.06. The number of thiophene rings is 1. The second-order valence-corrected chi connectivity index (χ2v) is 10.4. The van der Waals surface area contributed by atoms with E-state index in [-0.39, 0.29) is 21.5 Å². The summed E-state index contributed by atoms with van der Waals surface area (Å²) in [5.74, 6) is -2.57. The quantitative estimate of drug-likeness (QED) is 0.450. The lowest BCUT2D eigenvalue weighted by Crippen LogP contribution is -2.69. The van der Waals surface area contributed by atoms with Crippen molar-refractivity contribution in [2.45, 2.75) is 51.9 Å². The van der Waals surface area contributed by atoms with Crippen molar-refractivity contribution in [2.75, 3.05) is 12.4 Å². The Morgan fingerprint density at radius 1 is 1.18 bits per heavy atom. The molecule has 3 rings (SSSR count). The van der Waals surface area contributed by atoms with Crippen molar-refractivity contribution < 1.29 is 27.5 Å². The summed E-state index contributed by atoms with van der Waals surface area (Å²) in [5, 5.41) is 13.6. The number of rotatable bonds is 5. The van der Waals surface area contributed by atoms with Crippen LogP contribution in [0.25, 0.3) is 0 Å². The normalized spacial score (nSPS) is 17.6. The number of hydrogen-bond acceptors (Lipinski definition) is 6. The first kappa shape index (κ1) is 25.6. The zero-order chi connectivity index (χ0) is 25.3. The molecule has 1 aromatic carbocycles. The molecule has 0 bridgehead atoms. The summed E-state index contributed by atoms with van der Waals surface area (Å²) in [7, 11) is 0.803. The molecule has 0 spiro atoms. The molecule has 2 aromatic rings. The highest BCUT2D eigenvalue weighted by atomic mass is 32.1. The van der Waals surface area contributed by atoms with E-state index in [1.807, 2.05) is 6.07 Å². The van der Waals surface area contributed by atoms with Crippen molar-refractivity contribution in [1.82, 2.24) is 5.32 Å². The van der Waals surface area contributed by atoms with Crippen LogP contribution in [0.1, 0.15) is 53.6 Å². The minimum atomic E-state index is -5.28. The van der Waals surface area contributed by atoms with Crippen molar-refractivity contribution in [1.29, 1.82) is 5.26 Å². The summed E-state index contributed by atoms with van der Waals surface area (Å²) in [6, 6.07) is 9.22. The van der Waals surface area contributed by atoms with Crippen molar-refractivity contribution in [2.24, 2.45) is 11.3 Å². The summed E-state index contributed by atoms with van der Waals surface area (Å²) in [6.45, 7) is 6.31. The molecule has 0 fully saturated rings. The van der Waals surface area contributed by atoms with Gasteiger partial charge in [0.05, 0.1) is 12.7 Å². The molecule has 6 nitrogen and oxygen atoms in total. The lowest BCUT2D eigenvalue weighted by Gasteiger charge is -2.34. The third-order valence-corrected chi connectivity index (χ3v) is 7.33. The highest BCUT2D eigenvalue weighted by Gasteiger charge is 2.64. The number of methoxy groups -OCH3 is 1. The number of nitrogens with one attached hydrogen (secondary N) is 2. The molecule has 34 heavy (non-hydrogen) atoms. The van der Waals surface area contributed by atoms with Crippen LogP contribution in [0.3, 0.4) is 0 Å². The fraction of sp³-hybridized carbons (Fsp3) is 0.458. The Labute approximate surface area is 200 Å². The molecule has 1 aromatic heterocycles. The highest BCUT2D eigenvalue weighted by molar-refractivity contribution is 7.16. The topological polar surface area (TPSA) is 91.2 Å². The highest BCUT2D eigenvalue weighted by Crippen LogP contribution is 2.45. The van der Waals surface area contributed by atoms with Gasteiger partial charge >= 0.3 is 17.8 Å². The molecule has 1 amide bonds. The average Bonchev–Trinajstić information content (AvgIpc) is 3.13. The number of halogens is 3. The maximum Gasteiger partial charge on any atom is 0.441 e. The number of alkyl halides is 3. The van der Waals surface area contributed by atoms with Crippen molar-refractivity contribution in [3.8, 4) is 6.07 Å². The summed E-state index contributed by atoms with van der Waals surface area (Å²) in [6.07, 6.45) is -3.32. The van der Waals surface area contributed by atoms with Crippen LogP contribution < -0.4 is 10.6 Å². The fourth-order valence-corrected chi connectivity index (χ4v) is 5.41. The number of anilines is 1. The van der Waals surface area contributed by atoms with Gasteiger partial charge in [0, 0.05) is 10.4 Å². The molecule has 2 N–H and O–H groups in total. The summed E-state index contributed by atoms with van der Waals surface area (Å²) < 4.78 is 47.8. The monoisotopic (exact) mass is 493 g/mol. The summed E-state index contributed by atoms with van der Waals surface area (Å²) in [5.41, 5.74) is -2.92. The molecule has 0 radical (unpaired) electrons. The molecule has 1 heterocycles. The van der Waals surface area contributed by atoms with Crippen LogP contribution in [0.5, 0.6) is 0 Å². The zero-order valence-corrected chi connectivity index (χ0v) is 20.1. The van der Waals surface area contributed by atoms with Gasteiger partial charge in [-0.25, -0.2) is 4.79 Å². The summed E-state index contributed by atoms with van der Waals surface area (Å²) in [4.78, 5) is 26.1. The van der Waals surface area contributed by atoms with Crippen LogP contribution in [0.4, 0.5) is 18.2 Å². The molecule has 0 unspecified atom stereocenters. The van der Waals surface area contributed by atoms with E-state index in [9.17, 15) is 28.0 Å². The van der Waals surface area contributed by atoms with Crippen LogP contribution >= 0.6 is 11.3 Å². The Morgan fingerprint density at radius 2 is 1.82 bits per heavy atom. The molecule has 10 heteroatoms. The van der Waals surface area contributed by atoms with E-state index in [4.69, 9.17) is 0 Å². The Balaban J connectivity index is 2.07. The number of benzene rings is 1. The number of nitrogens with zero attached hydrogens (tertiary/aromatic N) is 1. The molecular formula is C24H26F3N3O3S. The second kappa shape index (κ2) is 9.29. The maximum absolute atomic E-state index is 14.5. The molecule has 182 valence electrons. The van der Waals surface area contributed by atoms with Crippen LogP contribution in [0, 0.1) is 22.7 Å². The van der Waals surface area contributed by atoms with Gasteiger partial charge in [-0.15, -0.1) is 11.3 Å². The predicted molar refractivity (Wildman–Crippen MR) is 122 cm³/mol. The maximum atomic E-state index is 14.5. The first-order chi connectivity index (χ1) is 15.8. The van der Waals surface area contributed by atoms with Crippen LogP contribution in [-0.2, 0) is 22.4 Å². The second-order valence-electron chi connectivity index (χ2n) is 9.31. The van der Waals surface area contributed by atoms with Gasteiger partial charge in [-0.05, 0) is 48.3 Å². The van der Waals surface area contributed by atoms with E-state index in [1.54, 1.807) is 11.4 Å².